The van der Waals surface area contributed by atoms with Gasteiger partial charge in [0.15, 0.2) is 0 Å². The lowest BCUT2D eigenvalue weighted by atomic mass is 10.00. The molecule has 0 amide bonds. The molecule has 18 heavy (non-hydrogen) atoms. The molecule has 0 atom stereocenters. The molecule has 0 saturated carbocycles. The number of anilines is 1. The van der Waals surface area contributed by atoms with Crippen LogP contribution in [-0.4, -0.2) is 10.2 Å². The molecule has 0 aliphatic heterocycles. The van der Waals surface area contributed by atoms with Crippen LogP contribution in [0.15, 0.2) is 59.0 Å². The smallest absolute Gasteiger partial charge is 0.313 e. The largest absolute Gasteiger partial charge is 0.404 e. The Bertz CT molecular complexity index is 662. The summed E-state index contributed by atoms with van der Waals surface area (Å²) in [5.41, 5.74) is 8.49. The highest BCUT2D eigenvalue weighted by Gasteiger charge is 2.11. The quantitative estimate of drug-likeness (QED) is 0.744. The van der Waals surface area contributed by atoms with Crippen molar-refractivity contribution in [2.24, 2.45) is 0 Å². The molecular formula is C14H11N3O. The summed E-state index contributed by atoms with van der Waals surface area (Å²) in [6.07, 6.45) is 0. The minimum absolute atomic E-state index is 0.0767. The maximum atomic E-state index is 5.46. The van der Waals surface area contributed by atoms with Gasteiger partial charge in [-0.15, -0.1) is 5.10 Å². The summed E-state index contributed by atoms with van der Waals surface area (Å²) in [6, 6.07) is 18.0. The van der Waals surface area contributed by atoms with E-state index < -0.39 is 0 Å². The molecule has 0 fully saturated rings. The van der Waals surface area contributed by atoms with Gasteiger partial charge in [0, 0.05) is 5.56 Å². The summed E-state index contributed by atoms with van der Waals surface area (Å²) in [5, 5.41) is 7.62. The molecule has 2 aromatic carbocycles. The van der Waals surface area contributed by atoms with Gasteiger partial charge in [0.2, 0.25) is 5.89 Å². The van der Waals surface area contributed by atoms with Crippen LogP contribution in [0.3, 0.4) is 0 Å². The van der Waals surface area contributed by atoms with Gasteiger partial charge >= 0.3 is 6.01 Å². The highest BCUT2D eigenvalue weighted by atomic mass is 16.4. The van der Waals surface area contributed by atoms with Crippen molar-refractivity contribution < 1.29 is 4.42 Å². The summed E-state index contributed by atoms with van der Waals surface area (Å²) < 4.78 is 5.29. The van der Waals surface area contributed by atoms with Gasteiger partial charge in [0.05, 0.1) is 0 Å². The number of rotatable bonds is 2. The third kappa shape index (κ3) is 1.84. The predicted molar refractivity (Wildman–Crippen MR) is 69.6 cm³/mol. The fourth-order valence-corrected chi connectivity index (χ4v) is 1.88. The number of nitrogen functional groups attached to an aromatic ring is 1. The lowest BCUT2D eigenvalue weighted by Crippen LogP contribution is -1.84. The lowest BCUT2D eigenvalue weighted by Gasteiger charge is -2.05. The molecule has 0 unspecified atom stereocenters. The number of nitrogens with two attached hydrogens (primary N) is 1. The van der Waals surface area contributed by atoms with E-state index in [9.17, 15) is 0 Å². The fraction of sp³-hybridized carbons (Fsp3) is 0. The Balaban J connectivity index is 2.17. The van der Waals surface area contributed by atoms with Gasteiger partial charge in [0.1, 0.15) is 0 Å². The number of hydrogen-bond donors (Lipinski definition) is 1. The van der Waals surface area contributed by atoms with Crippen LogP contribution in [0.1, 0.15) is 0 Å². The van der Waals surface area contributed by atoms with Crippen LogP contribution in [0.25, 0.3) is 22.6 Å². The normalized spacial score (nSPS) is 10.4. The number of hydrogen-bond acceptors (Lipinski definition) is 4. The Morgan fingerprint density at radius 3 is 2.11 bits per heavy atom. The molecule has 4 heteroatoms. The molecule has 0 spiro atoms. The molecule has 3 aromatic rings. The van der Waals surface area contributed by atoms with Crippen LogP contribution < -0.4 is 5.73 Å². The second-order valence-electron chi connectivity index (χ2n) is 3.86. The Labute approximate surface area is 104 Å². The van der Waals surface area contributed by atoms with Crippen molar-refractivity contribution in [1.82, 2.24) is 10.2 Å². The van der Waals surface area contributed by atoms with Crippen LogP contribution >= 0.6 is 0 Å². The fourth-order valence-electron chi connectivity index (χ4n) is 1.88. The van der Waals surface area contributed by atoms with Gasteiger partial charge < -0.3 is 10.2 Å². The maximum Gasteiger partial charge on any atom is 0.313 e. The van der Waals surface area contributed by atoms with Crippen molar-refractivity contribution >= 4 is 6.01 Å². The first kappa shape index (κ1) is 10.5. The SMILES string of the molecule is Nc1nnc(-c2ccccc2-c2ccccc2)o1. The molecule has 88 valence electrons. The van der Waals surface area contributed by atoms with E-state index in [4.69, 9.17) is 10.2 Å². The third-order valence-corrected chi connectivity index (χ3v) is 2.68. The van der Waals surface area contributed by atoms with E-state index in [1.54, 1.807) is 0 Å². The Morgan fingerprint density at radius 1 is 0.778 bits per heavy atom. The summed E-state index contributed by atoms with van der Waals surface area (Å²) in [5.74, 6) is 0.437. The molecule has 1 aromatic heterocycles. The van der Waals surface area contributed by atoms with Crippen molar-refractivity contribution in [3.05, 3.63) is 54.6 Å². The van der Waals surface area contributed by atoms with Gasteiger partial charge in [0.25, 0.3) is 0 Å². The van der Waals surface area contributed by atoms with Crippen molar-refractivity contribution in [3.63, 3.8) is 0 Å². The zero-order valence-corrected chi connectivity index (χ0v) is 9.58. The first-order valence-electron chi connectivity index (χ1n) is 5.58. The van der Waals surface area contributed by atoms with Gasteiger partial charge in [-0.1, -0.05) is 53.6 Å². The molecule has 4 nitrogen and oxygen atoms in total. The Hall–Kier alpha value is -2.62. The first-order chi connectivity index (χ1) is 8.84. The lowest BCUT2D eigenvalue weighted by molar-refractivity contribution is 0.590. The minimum atomic E-state index is 0.0767. The second-order valence-corrected chi connectivity index (χ2v) is 3.86. The average Bonchev–Trinajstić information content (AvgIpc) is 2.86. The molecule has 0 radical (unpaired) electrons. The Morgan fingerprint density at radius 2 is 1.44 bits per heavy atom. The summed E-state index contributed by atoms with van der Waals surface area (Å²) in [4.78, 5) is 0. The van der Waals surface area contributed by atoms with E-state index in [0.29, 0.717) is 5.89 Å². The number of aromatic nitrogens is 2. The topological polar surface area (TPSA) is 64.9 Å². The van der Waals surface area contributed by atoms with Gasteiger partial charge in [-0.25, -0.2) is 0 Å². The highest BCUT2D eigenvalue weighted by Crippen LogP contribution is 2.31. The standard InChI is InChI=1S/C14H11N3O/c15-14-17-16-13(18-14)12-9-5-4-8-11(12)10-6-2-1-3-7-10/h1-9H,(H2,15,17). The average molecular weight is 237 g/mol. The minimum Gasteiger partial charge on any atom is -0.404 e. The molecule has 0 aliphatic rings. The van der Waals surface area contributed by atoms with E-state index in [2.05, 4.69) is 10.2 Å². The van der Waals surface area contributed by atoms with Crippen molar-refractivity contribution in [2.45, 2.75) is 0 Å². The van der Waals surface area contributed by atoms with E-state index in [-0.39, 0.29) is 6.01 Å². The Kier molecular flexibility index (Phi) is 2.53. The van der Waals surface area contributed by atoms with Crippen molar-refractivity contribution in [1.29, 1.82) is 0 Å². The van der Waals surface area contributed by atoms with E-state index in [0.717, 1.165) is 16.7 Å². The molecular weight excluding hydrogens is 226 g/mol. The molecule has 2 N–H and O–H groups in total. The second kappa shape index (κ2) is 4.33. The number of benzene rings is 2. The van der Waals surface area contributed by atoms with Crippen LogP contribution in [0.5, 0.6) is 0 Å². The number of nitrogens with zero attached hydrogens (tertiary/aromatic N) is 2. The molecule has 3 rings (SSSR count). The van der Waals surface area contributed by atoms with Crippen LogP contribution in [0.4, 0.5) is 6.01 Å². The van der Waals surface area contributed by atoms with Crippen LogP contribution in [0, 0.1) is 0 Å². The van der Waals surface area contributed by atoms with Gasteiger partial charge in [-0.2, -0.15) is 0 Å². The molecule has 0 bridgehead atoms. The molecule has 0 aliphatic carbocycles. The maximum absolute atomic E-state index is 5.46. The highest BCUT2D eigenvalue weighted by molar-refractivity contribution is 5.79. The van der Waals surface area contributed by atoms with E-state index >= 15 is 0 Å². The zero-order valence-electron chi connectivity index (χ0n) is 9.58. The third-order valence-electron chi connectivity index (χ3n) is 2.68. The van der Waals surface area contributed by atoms with Gasteiger partial charge in [-0.3, -0.25) is 0 Å². The zero-order chi connectivity index (χ0) is 12.4. The van der Waals surface area contributed by atoms with Crippen LogP contribution in [-0.2, 0) is 0 Å². The monoisotopic (exact) mass is 237 g/mol. The predicted octanol–water partition coefficient (Wildman–Crippen LogP) is 2.99. The summed E-state index contributed by atoms with van der Waals surface area (Å²) in [7, 11) is 0. The van der Waals surface area contributed by atoms with Crippen molar-refractivity contribution in [3.8, 4) is 22.6 Å². The first-order valence-corrected chi connectivity index (χ1v) is 5.58. The van der Waals surface area contributed by atoms with Crippen molar-refractivity contribution in [2.75, 3.05) is 5.73 Å². The molecule has 1 heterocycles. The van der Waals surface area contributed by atoms with Crippen LogP contribution in [0.2, 0.25) is 0 Å². The van der Waals surface area contributed by atoms with Gasteiger partial charge in [-0.05, 0) is 17.2 Å². The molecule has 0 saturated heterocycles. The summed E-state index contributed by atoms with van der Waals surface area (Å²) >= 11 is 0. The summed E-state index contributed by atoms with van der Waals surface area (Å²) in [6.45, 7) is 0. The van der Waals surface area contributed by atoms with E-state index in [1.807, 2.05) is 54.6 Å². The van der Waals surface area contributed by atoms with E-state index in [1.165, 1.54) is 0 Å².